The zero-order valence-electron chi connectivity index (χ0n) is 10.7. The van der Waals surface area contributed by atoms with E-state index in [9.17, 15) is 4.79 Å². The highest BCUT2D eigenvalue weighted by molar-refractivity contribution is 6.11. The third kappa shape index (κ3) is 3.29. The molecule has 0 aliphatic heterocycles. The molecule has 0 spiro atoms. The fourth-order valence-electron chi connectivity index (χ4n) is 1.48. The summed E-state index contributed by atoms with van der Waals surface area (Å²) in [6, 6.07) is 8.58. The zero-order valence-corrected chi connectivity index (χ0v) is 10.7. The number of nitrogens with zero attached hydrogens (tertiary/aromatic N) is 1. The van der Waals surface area contributed by atoms with Crippen LogP contribution in [-0.4, -0.2) is 5.78 Å². The molecule has 0 N–H and O–H groups in total. The summed E-state index contributed by atoms with van der Waals surface area (Å²) >= 11 is 0. The molecule has 2 heteroatoms. The SMILES string of the molecule is C=C(C)/C=C(\C(=C)C)C(=O)c1ccc(C#N)cc1. The fourth-order valence-corrected chi connectivity index (χ4v) is 1.48. The molecule has 1 aromatic rings. The van der Waals surface area contributed by atoms with E-state index in [0.717, 1.165) is 5.57 Å². The number of allylic oxidation sites excluding steroid dienone is 4. The largest absolute Gasteiger partial charge is 0.289 e. The maximum Gasteiger partial charge on any atom is 0.193 e. The van der Waals surface area contributed by atoms with Crippen LogP contribution in [0.5, 0.6) is 0 Å². The van der Waals surface area contributed by atoms with Crippen molar-refractivity contribution < 1.29 is 4.79 Å². The van der Waals surface area contributed by atoms with Crippen LogP contribution in [-0.2, 0) is 0 Å². The van der Waals surface area contributed by atoms with E-state index < -0.39 is 0 Å². The van der Waals surface area contributed by atoms with Crippen LogP contribution < -0.4 is 0 Å². The van der Waals surface area contributed by atoms with Crippen LogP contribution in [0.15, 0.2) is 60.2 Å². The van der Waals surface area contributed by atoms with E-state index >= 15 is 0 Å². The van der Waals surface area contributed by atoms with Crippen molar-refractivity contribution >= 4 is 5.78 Å². The van der Waals surface area contributed by atoms with Crippen molar-refractivity contribution in [3.8, 4) is 6.07 Å². The lowest BCUT2D eigenvalue weighted by molar-refractivity contribution is 0.103. The highest BCUT2D eigenvalue weighted by atomic mass is 16.1. The predicted molar refractivity (Wildman–Crippen MR) is 73.2 cm³/mol. The van der Waals surface area contributed by atoms with E-state index in [1.54, 1.807) is 37.3 Å². The molecule has 0 saturated heterocycles. The monoisotopic (exact) mass is 237 g/mol. The summed E-state index contributed by atoms with van der Waals surface area (Å²) in [4.78, 5) is 12.3. The molecule has 0 unspecified atom stereocenters. The minimum Gasteiger partial charge on any atom is -0.289 e. The zero-order chi connectivity index (χ0) is 13.7. The molecule has 0 heterocycles. The Kier molecular flexibility index (Phi) is 4.39. The summed E-state index contributed by atoms with van der Waals surface area (Å²) in [5.74, 6) is -0.102. The first-order chi connectivity index (χ1) is 8.45. The molecule has 18 heavy (non-hydrogen) atoms. The summed E-state index contributed by atoms with van der Waals surface area (Å²) in [5, 5.41) is 8.71. The van der Waals surface area contributed by atoms with Crippen LogP contribution in [0.3, 0.4) is 0 Å². The molecule has 0 fully saturated rings. The average Bonchev–Trinajstić information content (AvgIpc) is 2.34. The van der Waals surface area contributed by atoms with Crippen molar-refractivity contribution in [2.45, 2.75) is 13.8 Å². The van der Waals surface area contributed by atoms with Crippen LogP contribution in [0.4, 0.5) is 0 Å². The lowest BCUT2D eigenvalue weighted by atomic mass is 9.96. The molecule has 0 radical (unpaired) electrons. The van der Waals surface area contributed by atoms with E-state index in [-0.39, 0.29) is 5.78 Å². The number of Topliss-reactive ketones (excluding diaryl/α,β-unsaturated/α-hetero) is 1. The van der Waals surface area contributed by atoms with Crippen molar-refractivity contribution in [1.29, 1.82) is 5.26 Å². The Hall–Kier alpha value is -2.40. The van der Waals surface area contributed by atoms with Gasteiger partial charge in [-0.1, -0.05) is 18.7 Å². The van der Waals surface area contributed by atoms with Gasteiger partial charge in [-0.15, -0.1) is 0 Å². The van der Waals surface area contributed by atoms with Gasteiger partial charge in [0.05, 0.1) is 11.6 Å². The topological polar surface area (TPSA) is 40.9 Å². The first kappa shape index (κ1) is 13.7. The van der Waals surface area contributed by atoms with Gasteiger partial charge in [-0.3, -0.25) is 4.79 Å². The number of hydrogen-bond acceptors (Lipinski definition) is 2. The number of ketones is 1. The number of hydrogen-bond donors (Lipinski definition) is 0. The predicted octanol–water partition coefficient (Wildman–Crippen LogP) is 3.82. The lowest BCUT2D eigenvalue weighted by Gasteiger charge is -2.06. The molecule has 90 valence electrons. The summed E-state index contributed by atoms with van der Waals surface area (Å²) in [6.45, 7) is 11.2. The molecular formula is C16H15NO. The maximum atomic E-state index is 12.3. The highest BCUT2D eigenvalue weighted by Gasteiger charge is 2.12. The Bertz CT molecular complexity index is 568. The van der Waals surface area contributed by atoms with Gasteiger partial charge in [0.1, 0.15) is 0 Å². The van der Waals surface area contributed by atoms with E-state index in [4.69, 9.17) is 5.26 Å². The number of carbonyl (C=O) groups is 1. The molecule has 0 saturated carbocycles. The lowest BCUT2D eigenvalue weighted by Crippen LogP contribution is -2.04. The molecule has 0 bridgehead atoms. The number of benzene rings is 1. The summed E-state index contributed by atoms with van der Waals surface area (Å²) < 4.78 is 0. The third-order valence-electron chi connectivity index (χ3n) is 2.37. The minimum atomic E-state index is -0.102. The molecule has 0 aliphatic rings. The second-order valence-corrected chi connectivity index (χ2v) is 4.20. The highest BCUT2D eigenvalue weighted by Crippen LogP contribution is 2.17. The Balaban J connectivity index is 3.15. The Morgan fingerprint density at radius 1 is 1.22 bits per heavy atom. The number of rotatable bonds is 4. The van der Waals surface area contributed by atoms with Gasteiger partial charge in [-0.2, -0.15) is 5.26 Å². The first-order valence-corrected chi connectivity index (χ1v) is 5.53. The van der Waals surface area contributed by atoms with E-state index in [1.165, 1.54) is 0 Å². The van der Waals surface area contributed by atoms with Gasteiger partial charge in [0.25, 0.3) is 0 Å². The van der Waals surface area contributed by atoms with Gasteiger partial charge in [0.2, 0.25) is 0 Å². The third-order valence-corrected chi connectivity index (χ3v) is 2.37. The van der Waals surface area contributed by atoms with Crippen molar-refractivity contribution in [1.82, 2.24) is 0 Å². The fraction of sp³-hybridized carbons (Fsp3) is 0.125. The van der Waals surface area contributed by atoms with Crippen molar-refractivity contribution in [2.24, 2.45) is 0 Å². The summed E-state index contributed by atoms with van der Waals surface area (Å²) in [6.07, 6.45) is 1.73. The maximum absolute atomic E-state index is 12.3. The Morgan fingerprint density at radius 3 is 2.17 bits per heavy atom. The smallest absolute Gasteiger partial charge is 0.193 e. The molecule has 0 aromatic heterocycles. The van der Waals surface area contributed by atoms with Gasteiger partial charge < -0.3 is 0 Å². The number of nitriles is 1. The number of carbonyl (C=O) groups excluding carboxylic acids is 1. The molecule has 1 rings (SSSR count). The molecular weight excluding hydrogens is 222 g/mol. The Labute approximate surface area is 108 Å². The summed E-state index contributed by atoms with van der Waals surface area (Å²) in [5.41, 5.74) is 3.13. The Morgan fingerprint density at radius 2 is 1.78 bits per heavy atom. The normalized spacial score (nSPS) is 10.6. The van der Waals surface area contributed by atoms with E-state index in [0.29, 0.717) is 22.3 Å². The van der Waals surface area contributed by atoms with E-state index in [2.05, 4.69) is 13.2 Å². The van der Waals surface area contributed by atoms with Gasteiger partial charge >= 0.3 is 0 Å². The first-order valence-electron chi connectivity index (χ1n) is 5.53. The van der Waals surface area contributed by atoms with Crippen LogP contribution in [0.2, 0.25) is 0 Å². The van der Waals surface area contributed by atoms with Gasteiger partial charge in [-0.05, 0) is 49.8 Å². The van der Waals surface area contributed by atoms with Gasteiger partial charge in [0.15, 0.2) is 5.78 Å². The molecule has 0 atom stereocenters. The van der Waals surface area contributed by atoms with Gasteiger partial charge in [0, 0.05) is 11.1 Å². The van der Waals surface area contributed by atoms with Crippen LogP contribution in [0.25, 0.3) is 0 Å². The average molecular weight is 237 g/mol. The van der Waals surface area contributed by atoms with E-state index in [1.807, 2.05) is 13.0 Å². The van der Waals surface area contributed by atoms with Gasteiger partial charge in [-0.25, -0.2) is 0 Å². The van der Waals surface area contributed by atoms with Crippen LogP contribution in [0, 0.1) is 11.3 Å². The standard InChI is InChI=1S/C16H15NO/c1-11(2)9-15(12(3)4)16(18)14-7-5-13(10-17)6-8-14/h5-9H,1,3H2,2,4H3/b15-9+. The molecule has 0 aliphatic carbocycles. The molecule has 2 nitrogen and oxygen atoms in total. The second kappa shape index (κ2) is 5.79. The molecule has 0 amide bonds. The van der Waals surface area contributed by atoms with Crippen molar-refractivity contribution in [3.63, 3.8) is 0 Å². The van der Waals surface area contributed by atoms with Crippen LogP contribution in [0.1, 0.15) is 29.8 Å². The van der Waals surface area contributed by atoms with Crippen molar-refractivity contribution in [2.75, 3.05) is 0 Å². The second-order valence-electron chi connectivity index (χ2n) is 4.20. The quantitative estimate of drug-likeness (QED) is 0.454. The van der Waals surface area contributed by atoms with Crippen molar-refractivity contribution in [3.05, 3.63) is 71.3 Å². The molecule has 1 aromatic carbocycles. The van der Waals surface area contributed by atoms with Crippen LogP contribution >= 0.6 is 0 Å². The summed E-state index contributed by atoms with van der Waals surface area (Å²) in [7, 11) is 0. The minimum absolute atomic E-state index is 0.102.